The number of hydrazine groups is 1. The zero-order valence-corrected chi connectivity index (χ0v) is 9.78. The van der Waals surface area contributed by atoms with E-state index in [1.54, 1.807) is 0 Å². The monoisotopic (exact) mass is 187 g/mol. The molecule has 0 saturated carbocycles. The van der Waals surface area contributed by atoms with Crippen LogP contribution in [0.4, 0.5) is 0 Å². The standard InChI is InChI=1S/C10H25N3/c1-6-10(3,4)8-13(7-2)9-12-11-5/h11-12H,6-9H2,1-5H3. The molecule has 0 aliphatic carbocycles. The van der Waals surface area contributed by atoms with E-state index in [9.17, 15) is 0 Å². The molecule has 0 bridgehead atoms. The van der Waals surface area contributed by atoms with Gasteiger partial charge in [-0.1, -0.05) is 27.7 Å². The zero-order valence-electron chi connectivity index (χ0n) is 9.78. The van der Waals surface area contributed by atoms with Crippen molar-refractivity contribution in [1.29, 1.82) is 0 Å². The molecule has 3 heteroatoms. The second-order valence-electron chi connectivity index (χ2n) is 4.25. The molecule has 0 saturated heterocycles. The van der Waals surface area contributed by atoms with Crippen molar-refractivity contribution in [3.8, 4) is 0 Å². The van der Waals surface area contributed by atoms with Crippen LogP contribution in [0.15, 0.2) is 0 Å². The summed E-state index contributed by atoms with van der Waals surface area (Å²) in [5.74, 6) is 0. The Labute approximate surface area is 82.9 Å². The minimum absolute atomic E-state index is 0.422. The highest BCUT2D eigenvalue weighted by Gasteiger charge is 2.18. The van der Waals surface area contributed by atoms with Gasteiger partial charge in [-0.05, 0) is 25.4 Å². The maximum atomic E-state index is 3.12. The molecule has 0 rings (SSSR count). The SMILES string of the molecule is CCN(CNNC)CC(C)(C)CC. The summed E-state index contributed by atoms with van der Waals surface area (Å²) >= 11 is 0. The molecular weight excluding hydrogens is 162 g/mol. The molecule has 0 heterocycles. The summed E-state index contributed by atoms with van der Waals surface area (Å²) < 4.78 is 0. The van der Waals surface area contributed by atoms with Crippen LogP contribution in [-0.2, 0) is 0 Å². The van der Waals surface area contributed by atoms with E-state index in [1.165, 1.54) is 6.42 Å². The molecule has 80 valence electrons. The van der Waals surface area contributed by atoms with Crippen molar-refractivity contribution in [2.24, 2.45) is 5.41 Å². The second-order valence-corrected chi connectivity index (χ2v) is 4.25. The molecule has 0 radical (unpaired) electrons. The fourth-order valence-corrected chi connectivity index (χ4v) is 1.19. The topological polar surface area (TPSA) is 27.3 Å². The van der Waals surface area contributed by atoms with Gasteiger partial charge in [0.2, 0.25) is 0 Å². The quantitative estimate of drug-likeness (QED) is 0.466. The summed E-state index contributed by atoms with van der Waals surface area (Å²) in [7, 11) is 1.90. The lowest BCUT2D eigenvalue weighted by Gasteiger charge is -2.31. The molecule has 0 aromatic rings. The van der Waals surface area contributed by atoms with E-state index in [2.05, 4.69) is 43.4 Å². The molecule has 2 N–H and O–H groups in total. The Balaban J connectivity index is 3.82. The molecule has 13 heavy (non-hydrogen) atoms. The van der Waals surface area contributed by atoms with Gasteiger partial charge in [0.15, 0.2) is 0 Å². The smallest absolute Gasteiger partial charge is 0.0614 e. The van der Waals surface area contributed by atoms with E-state index in [1.807, 2.05) is 7.05 Å². The highest BCUT2D eigenvalue weighted by atomic mass is 15.4. The Morgan fingerprint density at radius 2 is 1.85 bits per heavy atom. The van der Waals surface area contributed by atoms with Crippen LogP contribution in [0.5, 0.6) is 0 Å². The molecule has 0 unspecified atom stereocenters. The van der Waals surface area contributed by atoms with Gasteiger partial charge in [-0.2, -0.15) is 0 Å². The highest BCUT2D eigenvalue weighted by molar-refractivity contribution is 4.71. The third-order valence-corrected chi connectivity index (χ3v) is 2.54. The summed E-state index contributed by atoms with van der Waals surface area (Å²) in [5.41, 5.74) is 6.49. The Bertz CT molecular complexity index is 123. The van der Waals surface area contributed by atoms with E-state index in [0.717, 1.165) is 19.8 Å². The van der Waals surface area contributed by atoms with Crippen LogP contribution in [-0.4, -0.2) is 31.7 Å². The van der Waals surface area contributed by atoms with E-state index in [4.69, 9.17) is 0 Å². The molecule has 0 aliphatic heterocycles. The van der Waals surface area contributed by atoms with E-state index < -0.39 is 0 Å². The van der Waals surface area contributed by atoms with Crippen LogP contribution in [0.3, 0.4) is 0 Å². The minimum atomic E-state index is 0.422. The van der Waals surface area contributed by atoms with Crippen molar-refractivity contribution in [3.05, 3.63) is 0 Å². The molecule has 3 nitrogen and oxygen atoms in total. The molecule has 0 fully saturated rings. The Morgan fingerprint density at radius 3 is 2.23 bits per heavy atom. The van der Waals surface area contributed by atoms with Crippen LogP contribution < -0.4 is 10.9 Å². The van der Waals surface area contributed by atoms with E-state index in [0.29, 0.717) is 5.41 Å². The normalized spacial score (nSPS) is 12.5. The summed E-state index contributed by atoms with van der Waals surface area (Å²) in [6.45, 7) is 12.2. The number of nitrogens with one attached hydrogen (secondary N) is 2. The first-order valence-corrected chi connectivity index (χ1v) is 5.17. The fraction of sp³-hybridized carbons (Fsp3) is 1.00. The number of rotatable bonds is 7. The van der Waals surface area contributed by atoms with Crippen molar-refractivity contribution < 1.29 is 0 Å². The van der Waals surface area contributed by atoms with Gasteiger partial charge in [-0.25, -0.2) is 5.43 Å². The summed E-state index contributed by atoms with van der Waals surface area (Å²) in [6, 6.07) is 0. The molecular formula is C10H25N3. The first kappa shape index (κ1) is 12.9. The van der Waals surface area contributed by atoms with Crippen molar-refractivity contribution >= 4 is 0 Å². The summed E-state index contributed by atoms with van der Waals surface area (Å²) in [6.07, 6.45) is 1.23. The van der Waals surface area contributed by atoms with Gasteiger partial charge in [0.05, 0.1) is 6.67 Å². The Morgan fingerprint density at radius 1 is 1.23 bits per heavy atom. The van der Waals surface area contributed by atoms with E-state index in [-0.39, 0.29) is 0 Å². The lowest BCUT2D eigenvalue weighted by molar-refractivity contribution is 0.164. The van der Waals surface area contributed by atoms with Crippen LogP contribution in [0.1, 0.15) is 34.1 Å². The number of nitrogens with zero attached hydrogens (tertiary/aromatic N) is 1. The first-order chi connectivity index (χ1) is 6.05. The average Bonchev–Trinajstić information content (AvgIpc) is 2.12. The van der Waals surface area contributed by atoms with Crippen LogP contribution >= 0.6 is 0 Å². The van der Waals surface area contributed by atoms with Crippen LogP contribution in [0.2, 0.25) is 0 Å². The lowest BCUT2D eigenvalue weighted by Crippen LogP contribution is -2.43. The second kappa shape index (κ2) is 6.35. The summed E-state index contributed by atoms with van der Waals surface area (Å²) in [5, 5.41) is 0. The van der Waals surface area contributed by atoms with Gasteiger partial charge in [0.25, 0.3) is 0 Å². The van der Waals surface area contributed by atoms with Gasteiger partial charge >= 0.3 is 0 Å². The number of hydrogen-bond acceptors (Lipinski definition) is 3. The molecule has 0 aromatic carbocycles. The van der Waals surface area contributed by atoms with Gasteiger partial charge in [-0.3, -0.25) is 10.3 Å². The van der Waals surface area contributed by atoms with Gasteiger partial charge in [0.1, 0.15) is 0 Å². The fourth-order valence-electron chi connectivity index (χ4n) is 1.19. The van der Waals surface area contributed by atoms with Crippen molar-refractivity contribution in [2.45, 2.75) is 34.1 Å². The molecule has 0 aliphatic rings. The largest absolute Gasteiger partial charge is 0.289 e. The molecule has 0 atom stereocenters. The third-order valence-electron chi connectivity index (χ3n) is 2.54. The predicted octanol–water partition coefficient (Wildman–Crippen LogP) is 1.43. The van der Waals surface area contributed by atoms with Crippen molar-refractivity contribution in [3.63, 3.8) is 0 Å². The maximum Gasteiger partial charge on any atom is 0.0614 e. The predicted molar refractivity (Wildman–Crippen MR) is 58.4 cm³/mol. The highest BCUT2D eigenvalue weighted by Crippen LogP contribution is 2.20. The molecule has 0 amide bonds. The lowest BCUT2D eigenvalue weighted by atomic mass is 9.90. The van der Waals surface area contributed by atoms with Crippen LogP contribution in [0, 0.1) is 5.41 Å². The van der Waals surface area contributed by atoms with Gasteiger partial charge < -0.3 is 0 Å². The van der Waals surface area contributed by atoms with Gasteiger partial charge in [-0.15, -0.1) is 0 Å². The van der Waals surface area contributed by atoms with Crippen LogP contribution in [0.25, 0.3) is 0 Å². The van der Waals surface area contributed by atoms with Gasteiger partial charge in [0, 0.05) is 6.54 Å². The van der Waals surface area contributed by atoms with E-state index >= 15 is 0 Å². The Hall–Kier alpha value is -0.120. The zero-order chi connectivity index (χ0) is 10.3. The Kier molecular flexibility index (Phi) is 6.29. The third kappa shape index (κ3) is 6.02. The summed E-state index contributed by atoms with van der Waals surface area (Å²) in [4.78, 5) is 2.40. The maximum absolute atomic E-state index is 3.12. The average molecular weight is 187 g/mol. The minimum Gasteiger partial charge on any atom is -0.289 e. The van der Waals surface area contributed by atoms with Crippen molar-refractivity contribution in [1.82, 2.24) is 15.8 Å². The molecule has 0 spiro atoms. The molecule has 0 aromatic heterocycles. The first-order valence-electron chi connectivity index (χ1n) is 5.17. The number of hydrogen-bond donors (Lipinski definition) is 2. The van der Waals surface area contributed by atoms with Crippen molar-refractivity contribution in [2.75, 3.05) is 26.8 Å².